The van der Waals surface area contributed by atoms with E-state index in [0.717, 1.165) is 0 Å². The van der Waals surface area contributed by atoms with Crippen LogP contribution in [0.25, 0.3) is 16.6 Å². The third-order valence-electron chi connectivity index (χ3n) is 6.27. The zero-order valence-corrected chi connectivity index (χ0v) is 21.5. The number of nitrogens with one attached hydrogen (secondary N) is 2. The molecule has 4 aromatic rings. The van der Waals surface area contributed by atoms with E-state index in [1.165, 1.54) is 32.9 Å². The summed E-state index contributed by atoms with van der Waals surface area (Å²) in [5, 5.41) is 5.58. The van der Waals surface area contributed by atoms with Crippen LogP contribution in [0.2, 0.25) is 0 Å². The predicted molar refractivity (Wildman–Crippen MR) is 144 cm³/mol. The number of nitrogens with zero attached hydrogens (tertiary/aromatic N) is 3. The van der Waals surface area contributed by atoms with Gasteiger partial charge in [-0.05, 0) is 78.8 Å². The van der Waals surface area contributed by atoms with Crippen LogP contribution in [0, 0.1) is 16.3 Å². The molecule has 0 unspecified atom stereocenters. The van der Waals surface area contributed by atoms with Gasteiger partial charge in [-0.25, -0.2) is 9.18 Å². The first-order valence-corrected chi connectivity index (χ1v) is 12.2. The Kier molecular flexibility index (Phi) is 6.02. The molecule has 36 heavy (non-hydrogen) atoms. The average Bonchev–Trinajstić information content (AvgIpc) is 3.67. The van der Waals surface area contributed by atoms with Gasteiger partial charge >= 0.3 is 5.69 Å². The lowest BCUT2D eigenvalue weighted by atomic mass is 10.1. The summed E-state index contributed by atoms with van der Waals surface area (Å²) in [6.07, 6.45) is 1.86. The highest BCUT2D eigenvalue weighted by Gasteiger charge is 2.31. The Bertz CT molecular complexity index is 1740. The molecule has 2 heterocycles. The van der Waals surface area contributed by atoms with Gasteiger partial charge in [-0.1, -0.05) is 6.07 Å². The van der Waals surface area contributed by atoms with Crippen LogP contribution < -0.4 is 27.4 Å². The smallest absolute Gasteiger partial charge is 0.336 e. The second-order valence-corrected chi connectivity index (χ2v) is 9.89. The maximum Gasteiger partial charge on any atom is 0.336 e. The molecular formula is C25H21FIN5O4. The number of carbonyl (C=O) groups is 1. The number of benzene rings is 2. The molecule has 184 valence electrons. The van der Waals surface area contributed by atoms with Gasteiger partial charge in [-0.3, -0.25) is 28.1 Å². The summed E-state index contributed by atoms with van der Waals surface area (Å²) in [6.45, 7) is 1.55. The average molecular weight is 601 g/mol. The van der Waals surface area contributed by atoms with E-state index in [4.69, 9.17) is 0 Å². The van der Waals surface area contributed by atoms with E-state index in [9.17, 15) is 23.6 Å². The molecule has 0 aliphatic heterocycles. The van der Waals surface area contributed by atoms with Crippen molar-refractivity contribution >= 4 is 57.1 Å². The quantitative estimate of drug-likeness (QED) is 0.260. The molecule has 0 atom stereocenters. The number of amides is 1. The molecule has 9 nitrogen and oxygen atoms in total. The van der Waals surface area contributed by atoms with Gasteiger partial charge in [0.05, 0.1) is 16.9 Å². The third kappa shape index (κ3) is 3.92. The molecule has 0 bridgehead atoms. The molecule has 2 aromatic heterocycles. The lowest BCUT2D eigenvalue weighted by Crippen LogP contribution is -2.41. The van der Waals surface area contributed by atoms with Crippen molar-refractivity contribution in [3.63, 3.8) is 0 Å². The summed E-state index contributed by atoms with van der Waals surface area (Å²) >= 11 is 1.99. The molecule has 5 rings (SSSR count). The Hall–Kier alpha value is -3.74. The Balaban J connectivity index is 1.92. The van der Waals surface area contributed by atoms with Gasteiger partial charge in [0.15, 0.2) is 0 Å². The van der Waals surface area contributed by atoms with E-state index in [2.05, 4.69) is 10.6 Å². The first-order valence-electron chi connectivity index (χ1n) is 11.2. The maximum absolute atomic E-state index is 14.8. The summed E-state index contributed by atoms with van der Waals surface area (Å²) < 4.78 is 19.2. The van der Waals surface area contributed by atoms with Crippen molar-refractivity contribution in [1.29, 1.82) is 0 Å². The summed E-state index contributed by atoms with van der Waals surface area (Å²) in [4.78, 5) is 51.8. The standard InChI is InChI=1S/C25H21FIN5O4/c1-13-21-20(22(30(2)23(13)34)29-19-9-6-14(27)10-18(19)26)24(35)32(16-7-8-16)25(36)31(21)17-5-3-4-15(11-17)28-12-33/h3-6,9-12,16,29H,7-8H2,1-2H3,(H,28,33). The molecule has 1 amide bonds. The highest BCUT2D eigenvalue weighted by atomic mass is 127. The number of halogens is 2. The molecule has 2 aromatic carbocycles. The number of anilines is 3. The largest absolute Gasteiger partial charge is 0.338 e. The van der Waals surface area contributed by atoms with Crippen molar-refractivity contribution in [3.8, 4) is 5.69 Å². The van der Waals surface area contributed by atoms with Crippen LogP contribution in [0.4, 0.5) is 21.6 Å². The summed E-state index contributed by atoms with van der Waals surface area (Å²) in [7, 11) is 1.49. The van der Waals surface area contributed by atoms with Gasteiger partial charge in [-0.15, -0.1) is 0 Å². The molecule has 1 fully saturated rings. The minimum atomic E-state index is -0.582. The van der Waals surface area contributed by atoms with Crippen LogP contribution in [0.5, 0.6) is 0 Å². The topological polar surface area (TPSA) is 107 Å². The number of fused-ring (bicyclic) bond motifs is 1. The first kappa shape index (κ1) is 24.0. The van der Waals surface area contributed by atoms with Gasteiger partial charge in [-0.2, -0.15) is 0 Å². The Morgan fingerprint density at radius 2 is 1.83 bits per heavy atom. The van der Waals surface area contributed by atoms with Crippen molar-refractivity contribution in [2.75, 3.05) is 10.6 Å². The summed E-state index contributed by atoms with van der Waals surface area (Å²) in [6, 6.07) is 10.8. The van der Waals surface area contributed by atoms with E-state index in [-0.39, 0.29) is 34.0 Å². The van der Waals surface area contributed by atoms with Gasteiger partial charge in [0.1, 0.15) is 17.0 Å². The number of carbonyl (C=O) groups excluding carboxylic acids is 1. The SMILES string of the molecule is Cc1c(=O)n(C)c(Nc2ccc(I)cc2F)c2c(=O)n(C3CC3)c(=O)n(-c3cccc(NC=O)c3)c12. The number of hydrogen-bond donors (Lipinski definition) is 2. The fourth-order valence-corrected chi connectivity index (χ4v) is 4.83. The van der Waals surface area contributed by atoms with Crippen LogP contribution in [0.15, 0.2) is 56.8 Å². The van der Waals surface area contributed by atoms with E-state index in [0.29, 0.717) is 34.2 Å². The predicted octanol–water partition coefficient (Wildman–Crippen LogP) is 3.55. The minimum absolute atomic E-state index is 0.0797. The molecule has 0 saturated heterocycles. The van der Waals surface area contributed by atoms with Crippen LogP contribution in [0.1, 0.15) is 24.4 Å². The number of pyridine rings is 1. The van der Waals surface area contributed by atoms with Crippen molar-refractivity contribution < 1.29 is 9.18 Å². The number of aryl methyl sites for hydroxylation is 1. The molecule has 1 aliphatic rings. The van der Waals surface area contributed by atoms with E-state index in [1.54, 1.807) is 37.3 Å². The zero-order chi connectivity index (χ0) is 25.7. The molecule has 11 heteroatoms. The van der Waals surface area contributed by atoms with Crippen molar-refractivity contribution in [1.82, 2.24) is 13.7 Å². The maximum atomic E-state index is 14.8. The Morgan fingerprint density at radius 3 is 2.50 bits per heavy atom. The fraction of sp³-hybridized carbons (Fsp3) is 0.200. The fourth-order valence-electron chi connectivity index (χ4n) is 4.38. The second kappa shape index (κ2) is 9.04. The molecule has 0 spiro atoms. The van der Waals surface area contributed by atoms with E-state index in [1.807, 2.05) is 22.6 Å². The lowest BCUT2D eigenvalue weighted by molar-refractivity contribution is -0.105. The van der Waals surface area contributed by atoms with Crippen molar-refractivity contribution in [2.45, 2.75) is 25.8 Å². The van der Waals surface area contributed by atoms with E-state index >= 15 is 0 Å². The second-order valence-electron chi connectivity index (χ2n) is 8.65. The molecule has 0 radical (unpaired) electrons. The van der Waals surface area contributed by atoms with Crippen LogP contribution in [0.3, 0.4) is 0 Å². The molecule has 1 saturated carbocycles. The van der Waals surface area contributed by atoms with Crippen LogP contribution in [-0.4, -0.2) is 20.1 Å². The molecule has 2 N–H and O–H groups in total. The highest BCUT2D eigenvalue weighted by molar-refractivity contribution is 14.1. The minimum Gasteiger partial charge on any atom is -0.338 e. The Morgan fingerprint density at radius 1 is 1.08 bits per heavy atom. The van der Waals surface area contributed by atoms with Crippen LogP contribution >= 0.6 is 22.6 Å². The first-order chi connectivity index (χ1) is 17.2. The molecule has 1 aliphatic carbocycles. The van der Waals surface area contributed by atoms with Crippen molar-refractivity contribution in [3.05, 3.63) is 88.6 Å². The zero-order valence-electron chi connectivity index (χ0n) is 19.3. The normalized spacial score (nSPS) is 13.1. The highest BCUT2D eigenvalue weighted by Crippen LogP contribution is 2.34. The van der Waals surface area contributed by atoms with Gasteiger partial charge < -0.3 is 10.6 Å². The van der Waals surface area contributed by atoms with Crippen molar-refractivity contribution in [2.24, 2.45) is 7.05 Å². The Labute approximate surface area is 217 Å². The third-order valence-corrected chi connectivity index (χ3v) is 6.94. The number of aromatic nitrogens is 3. The van der Waals surface area contributed by atoms with Crippen LogP contribution in [-0.2, 0) is 11.8 Å². The van der Waals surface area contributed by atoms with Gasteiger partial charge in [0.2, 0.25) is 6.41 Å². The monoisotopic (exact) mass is 601 g/mol. The van der Waals surface area contributed by atoms with Gasteiger partial charge in [0, 0.05) is 27.9 Å². The van der Waals surface area contributed by atoms with E-state index < -0.39 is 22.6 Å². The lowest BCUT2D eigenvalue weighted by Gasteiger charge is -2.21. The molecular weight excluding hydrogens is 580 g/mol. The van der Waals surface area contributed by atoms with Gasteiger partial charge in [0.25, 0.3) is 11.1 Å². The summed E-state index contributed by atoms with van der Waals surface area (Å²) in [5.41, 5.74) is -0.378. The summed E-state index contributed by atoms with van der Waals surface area (Å²) in [5.74, 6) is -0.470. The number of rotatable bonds is 6. The number of hydrogen-bond acceptors (Lipinski definition) is 5.